The Morgan fingerprint density at radius 1 is 1.41 bits per heavy atom. The summed E-state index contributed by atoms with van der Waals surface area (Å²) >= 11 is 0. The van der Waals surface area contributed by atoms with Gasteiger partial charge in [0.15, 0.2) is 0 Å². The summed E-state index contributed by atoms with van der Waals surface area (Å²) in [4.78, 5) is 15.9. The average Bonchev–Trinajstić information content (AvgIpc) is 3.08. The number of aromatic nitrogens is 1. The fraction of sp³-hybridized carbons (Fsp3) is 0.294. The van der Waals surface area contributed by atoms with E-state index in [2.05, 4.69) is 17.2 Å². The molecular formula is C17H18N2O3. The summed E-state index contributed by atoms with van der Waals surface area (Å²) < 4.78 is 10.7. The van der Waals surface area contributed by atoms with Crippen molar-refractivity contribution in [2.45, 2.75) is 19.3 Å². The van der Waals surface area contributed by atoms with Crippen molar-refractivity contribution in [1.82, 2.24) is 4.98 Å². The largest absolute Gasteiger partial charge is 0.481 e. The number of furan rings is 1. The van der Waals surface area contributed by atoms with Crippen molar-refractivity contribution in [3.63, 3.8) is 0 Å². The Balaban J connectivity index is 1.57. The molecule has 1 aliphatic carbocycles. The highest BCUT2D eigenvalue weighted by atomic mass is 16.5. The van der Waals surface area contributed by atoms with Gasteiger partial charge in [0.1, 0.15) is 11.5 Å². The highest BCUT2D eigenvalue weighted by Gasteiger charge is 2.36. The molecule has 0 spiro atoms. The second kappa shape index (κ2) is 6.05. The third-order valence-corrected chi connectivity index (χ3v) is 3.73. The molecule has 0 aliphatic heterocycles. The van der Waals surface area contributed by atoms with E-state index in [9.17, 15) is 4.79 Å². The predicted molar refractivity (Wildman–Crippen MR) is 83.7 cm³/mol. The van der Waals surface area contributed by atoms with E-state index >= 15 is 0 Å². The Morgan fingerprint density at radius 3 is 2.86 bits per heavy atom. The van der Waals surface area contributed by atoms with Crippen molar-refractivity contribution >= 4 is 17.7 Å². The summed E-state index contributed by atoms with van der Waals surface area (Å²) in [6, 6.07) is 7.30. The molecule has 0 bridgehead atoms. The van der Waals surface area contributed by atoms with E-state index in [1.54, 1.807) is 31.5 Å². The number of methoxy groups -OCH3 is 1. The van der Waals surface area contributed by atoms with Crippen LogP contribution in [0.15, 0.2) is 41.0 Å². The quantitative estimate of drug-likeness (QED) is 0.859. The SMILES string of the molecule is COc1ccc(NC(=O)/C=C/c2ccc(C3CC3C)o2)cn1. The predicted octanol–water partition coefficient (Wildman–Crippen LogP) is 3.46. The summed E-state index contributed by atoms with van der Waals surface area (Å²) in [5, 5.41) is 2.73. The Morgan fingerprint density at radius 2 is 2.23 bits per heavy atom. The van der Waals surface area contributed by atoms with Gasteiger partial charge in [0, 0.05) is 18.1 Å². The fourth-order valence-corrected chi connectivity index (χ4v) is 2.29. The lowest BCUT2D eigenvalue weighted by molar-refractivity contribution is -0.111. The van der Waals surface area contributed by atoms with Crippen LogP contribution in [0.25, 0.3) is 6.08 Å². The lowest BCUT2D eigenvalue weighted by Gasteiger charge is -2.02. The van der Waals surface area contributed by atoms with Crippen molar-refractivity contribution in [2.75, 3.05) is 12.4 Å². The standard InChI is InChI=1S/C17H18N2O3/c1-11-9-14(11)15-6-4-13(22-15)5-7-16(20)19-12-3-8-17(21-2)18-10-12/h3-8,10-11,14H,9H2,1-2H3,(H,19,20)/b7-5+. The van der Waals surface area contributed by atoms with Gasteiger partial charge in [0.25, 0.3) is 0 Å². The molecule has 0 radical (unpaired) electrons. The molecule has 3 rings (SSSR count). The van der Waals surface area contributed by atoms with Crippen LogP contribution in [0.4, 0.5) is 5.69 Å². The van der Waals surface area contributed by atoms with E-state index in [1.165, 1.54) is 12.5 Å². The minimum atomic E-state index is -0.232. The zero-order valence-corrected chi connectivity index (χ0v) is 12.6. The van der Waals surface area contributed by atoms with E-state index in [-0.39, 0.29) is 5.91 Å². The number of rotatable bonds is 5. The summed E-state index contributed by atoms with van der Waals surface area (Å²) in [6.07, 6.45) is 5.84. The maximum Gasteiger partial charge on any atom is 0.248 e. The zero-order valence-electron chi connectivity index (χ0n) is 12.6. The molecule has 2 aromatic rings. The lowest BCUT2D eigenvalue weighted by Crippen LogP contribution is -2.07. The first kappa shape index (κ1) is 14.4. The lowest BCUT2D eigenvalue weighted by atomic mass is 10.3. The average molecular weight is 298 g/mol. The molecule has 2 aromatic heterocycles. The minimum Gasteiger partial charge on any atom is -0.481 e. The molecule has 2 atom stereocenters. The van der Waals surface area contributed by atoms with E-state index in [4.69, 9.17) is 9.15 Å². The topological polar surface area (TPSA) is 64.4 Å². The van der Waals surface area contributed by atoms with Crippen LogP contribution in [0.1, 0.15) is 30.8 Å². The number of carbonyl (C=O) groups is 1. The fourth-order valence-electron chi connectivity index (χ4n) is 2.29. The first-order valence-electron chi connectivity index (χ1n) is 7.24. The van der Waals surface area contributed by atoms with Gasteiger partial charge in [-0.1, -0.05) is 6.92 Å². The van der Waals surface area contributed by atoms with Crippen LogP contribution in [0.2, 0.25) is 0 Å². The first-order valence-corrected chi connectivity index (χ1v) is 7.24. The molecule has 1 fully saturated rings. The Bertz CT molecular complexity index is 688. The second-order valence-corrected chi connectivity index (χ2v) is 5.47. The Kier molecular flexibility index (Phi) is 3.96. The van der Waals surface area contributed by atoms with Crippen LogP contribution in [-0.4, -0.2) is 18.0 Å². The van der Waals surface area contributed by atoms with Crippen LogP contribution in [0, 0.1) is 5.92 Å². The molecular weight excluding hydrogens is 280 g/mol. The Hall–Kier alpha value is -2.56. The third kappa shape index (κ3) is 3.36. The number of nitrogens with one attached hydrogen (secondary N) is 1. The highest BCUT2D eigenvalue weighted by molar-refractivity contribution is 6.01. The molecule has 22 heavy (non-hydrogen) atoms. The number of anilines is 1. The van der Waals surface area contributed by atoms with Gasteiger partial charge in [0.05, 0.1) is 19.0 Å². The number of nitrogens with zero attached hydrogens (tertiary/aromatic N) is 1. The summed E-state index contributed by atoms with van der Waals surface area (Å²) in [6.45, 7) is 2.21. The molecule has 1 amide bonds. The van der Waals surface area contributed by atoms with Gasteiger partial charge < -0.3 is 14.5 Å². The van der Waals surface area contributed by atoms with Crippen molar-refractivity contribution in [3.05, 3.63) is 48.1 Å². The molecule has 2 heterocycles. The van der Waals surface area contributed by atoms with E-state index < -0.39 is 0 Å². The van der Waals surface area contributed by atoms with Gasteiger partial charge >= 0.3 is 0 Å². The van der Waals surface area contributed by atoms with Gasteiger partial charge in [0.2, 0.25) is 11.8 Å². The van der Waals surface area contributed by atoms with Crippen molar-refractivity contribution in [3.8, 4) is 5.88 Å². The summed E-state index contributed by atoms with van der Waals surface area (Å²) in [5.41, 5.74) is 0.613. The first-order chi connectivity index (χ1) is 10.7. The zero-order chi connectivity index (χ0) is 15.5. The molecule has 1 aliphatic rings. The second-order valence-electron chi connectivity index (χ2n) is 5.47. The maximum atomic E-state index is 11.8. The van der Waals surface area contributed by atoms with Gasteiger partial charge in [-0.2, -0.15) is 0 Å². The van der Waals surface area contributed by atoms with E-state index in [0.717, 1.165) is 5.76 Å². The van der Waals surface area contributed by atoms with Crippen molar-refractivity contribution < 1.29 is 13.9 Å². The molecule has 2 unspecified atom stereocenters. The number of hydrogen-bond acceptors (Lipinski definition) is 4. The molecule has 0 saturated heterocycles. The van der Waals surface area contributed by atoms with E-state index in [0.29, 0.717) is 29.2 Å². The Labute approximate surface area is 129 Å². The van der Waals surface area contributed by atoms with Gasteiger partial charge in [-0.25, -0.2) is 4.98 Å². The maximum absolute atomic E-state index is 11.8. The number of hydrogen-bond donors (Lipinski definition) is 1. The number of ether oxygens (including phenoxy) is 1. The molecule has 5 nitrogen and oxygen atoms in total. The van der Waals surface area contributed by atoms with Crippen LogP contribution in [0.5, 0.6) is 5.88 Å². The number of carbonyl (C=O) groups excluding carboxylic acids is 1. The monoisotopic (exact) mass is 298 g/mol. The van der Waals surface area contributed by atoms with Crippen LogP contribution in [0.3, 0.4) is 0 Å². The van der Waals surface area contributed by atoms with E-state index in [1.807, 2.05) is 12.1 Å². The smallest absolute Gasteiger partial charge is 0.248 e. The molecule has 5 heteroatoms. The van der Waals surface area contributed by atoms with Gasteiger partial charge in [-0.05, 0) is 36.6 Å². The summed E-state index contributed by atoms with van der Waals surface area (Å²) in [5.74, 6) is 3.22. The number of pyridine rings is 1. The molecule has 0 aromatic carbocycles. The van der Waals surface area contributed by atoms with Crippen molar-refractivity contribution in [2.24, 2.45) is 5.92 Å². The normalized spacial score (nSPS) is 20.1. The van der Waals surface area contributed by atoms with Crippen LogP contribution in [-0.2, 0) is 4.79 Å². The minimum absolute atomic E-state index is 0.232. The third-order valence-electron chi connectivity index (χ3n) is 3.73. The van der Waals surface area contributed by atoms with Crippen molar-refractivity contribution in [1.29, 1.82) is 0 Å². The molecule has 1 N–H and O–H groups in total. The van der Waals surface area contributed by atoms with Crippen LogP contribution >= 0.6 is 0 Å². The number of amides is 1. The van der Waals surface area contributed by atoms with Crippen LogP contribution < -0.4 is 10.1 Å². The van der Waals surface area contributed by atoms with Gasteiger partial charge in [-0.15, -0.1) is 0 Å². The van der Waals surface area contributed by atoms with Gasteiger partial charge in [-0.3, -0.25) is 4.79 Å². The highest BCUT2D eigenvalue weighted by Crippen LogP contribution is 2.47. The molecule has 1 saturated carbocycles. The molecule has 114 valence electrons. The summed E-state index contributed by atoms with van der Waals surface area (Å²) in [7, 11) is 1.54.